The predicted molar refractivity (Wildman–Crippen MR) is 76.9 cm³/mol. The van der Waals surface area contributed by atoms with Crippen molar-refractivity contribution in [1.29, 1.82) is 0 Å². The maximum atomic E-state index is 5.75. The average Bonchev–Trinajstić information content (AvgIpc) is 2.71. The fraction of sp³-hybridized carbons (Fsp3) is 0.467. The zero-order valence-electron chi connectivity index (χ0n) is 12.1. The highest BCUT2D eigenvalue weighted by molar-refractivity contribution is 5.25. The molecule has 0 radical (unpaired) electrons. The van der Waals surface area contributed by atoms with Crippen molar-refractivity contribution in [3.8, 4) is 0 Å². The Labute approximate surface area is 114 Å². The van der Waals surface area contributed by atoms with E-state index in [2.05, 4.69) is 66.7 Å². The fourth-order valence-corrected chi connectivity index (χ4v) is 2.38. The lowest BCUT2D eigenvalue weighted by Gasteiger charge is -2.24. The van der Waals surface area contributed by atoms with Gasteiger partial charge in [-0.25, -0.2) is 0 Å². The Morgan fingerprint density at radius 3 is 2.42 bits per heavy atom. The lowest BCUT2D eigenvalue weighted by molar-refractivity contribution is 0.371. The van der Waals surface area contributed by atoms with E-state index in [0.29, 0.717) is 6.54 Å². The number of aromatic nitrogens is 3. The highest BCUT2D eigenvalue weighted by Gasteiger charge is 2.22. The van der Waals surface area contributed by atoms with E-state index in [9.17, 15) is 0 Å². The summed E-state index contributed by atoms with van der Waals surface area (Å²) in [6, 6.07) is 8.48. The van der Waals surface area contributed by atoms with E-state index in [0.717, 1.165) is 18.1 Å². The molecule has 2 aromatic rings. The molecule has 0 unspecified atom stereocenters. The largest absolute Gasteiger partial charge is 0.324 e. The van der Waals surface area contributed by atoms with Crippen LogP contribution in [0.4, 0.5) is 0 Å². The number of benzene rings is 1. The van der Waals surface area contributed by atoms with Gasteiger partial charge in [-0.2, -0.15) is 0 Å². The SMILES string of the molecule is Cc1cccc(Cc2nnc(CN)n2C(C)(C)C)c1. The lowest BCUT2D eigenvalue weighted by atomic mass is 10.1. The molecule has 0 atom stereocenters. The van der Waals surface area contributed by atoms with Crippen LogP contribution in [0, 0.1) is 6.92 Å². The van der Waals surface area contributed by atoms with E-state index in [1.54, 1.807) is 0 Å². The van der Waals surface area contributed by atoms with E-state index >= 15 is 0 Å². The van der Waals surface area contributed by atoms with Gasteiger partial charge in [-0.3, -0.25) is 0 Å². The third-order valence-corrected chi connectivity index (χ3v) is 3.10. The Kier molecular flexibility index (Phi) is 3.71. The van der Waals surface area contributed by atoms with Gasteiger partial charge in [0.25, 0.3) is 0 Å². The summed E-state index contributed by atoms with van der Waals surface area (Å²) < 4.78 is 2.15. The quantitative estimate of drug-likeness (QED) is 0.919. The Morgan fingerprint density at radius 2 is 1.84 bits per heavy atom. The molecule has 0 aliphatic carbocycles. The van der Waals surface area contributed by atoms with Crippen molar-refractivity contribution in [2.24, 2.45) is 5.73 Å². The van der Waals surface area contributed by atoms with Crippen molar-refractivity contribution < 1.29 is 0 Å². The molecule has 0 saturated carbocycles. The molecule has 1 heterocycles. The van der Waals surface area contributed by atoms with E-state index in [1.165, 1.54) is 11.1 Å². The zero-order chi connectivity index (χ0) is 14.0. The molecule has 0 amide bonds. The monoisotopic (exact) mass is 258 g/mol. The summed E-state index contributed by atoms with van der Waals surface area (Å²) >= 11 is 0. The number of aryl methyl sites for hydroxylation is 1. The normalized spacial score (nSPS) is 11.8. The van der Waals surface area contributed by atoms with Crippen molar-refractivity contribution in [3.63, 3.8) is 0 Å². The summed E-state index contributed by atoms with van der Waals surface area (Å²) in [6.45, 7) is 8.96. The predicted octanol–water partition coefficient (Wildman–Crippen LogP) is 2.39. The highest BCUT2D eigenvalue weighted by Crippen LogP contribution is 2.20. The van der Waals surface area contributed by atoms with Gasteiger partial charge in [-0.15, -0.1) is 10.2 Å². The van der Waals surface area contributed by atoms with Crippen LogP contribution in [0.15, 0.2) is 24.3 Å². The Bertz CT molecular complexity index is 564. The molecule has 102 valence electrons. The minimum Gasteiger partial charge on any atom is -0.324 e. The summed E-state index contributed by atoms with van der Waals surface area (Å²) in [7, 11) is 0. The molecule has 1 aromatic carbocycles. The van der Waals surface area contributed by atoms with Gasteiger partial charge >= 0.3 is 0 Å². The van der Waals surface area contributed by atoms with Crippen LogP contribution in [0.2, 0.25) is 0 Å². The van der Waals surface area contributed by atoms with E-state index in [-0.39, 0.29) is 5.54 Å². The first-order valence-corrected chi connectivity index (χ1v) is 6.61. The van der Waals surface area contributed by atoms with Crippen LogP contribution in [0.25, 0.3) is 0 Å². The first-order valence-electron chi connectivity index (χ1n) is 6.61. The molecule has 19 heavy (non-hydrogen) atoms. The molecule has 0 bridgehead atoms. The topological polar surface area (TPSA) is 56.7 Å². The molecule has 0 aliphatic rings. The number of nitrogens with two attached hydrogens (primary N) is 1. The number of hydrogen-bond donors (Lipinski definition) is 1. The van der Waals surface area contributed by atoms with Crippen LogP contribution in [0.1, 0.15) is 43.5 Å². The third-order valence-electron chi connectivity index (χ3n) is 3.10. The fourth-order valence-electron chi connectivity index (χ4n) is 2.38. The van der Waals surface area contributed by atoms with Crippen molar-refractivity contribution in [1.82, 2.24) is 14.8 Å². The standard InChI is InChI=1S/C15H22N4/c1-11-6-5-7-12(8-11)9-13-17-18-14(10-16)19(13)15(2,3)4/h5-8H,9-10,16H2,1-4H3. The van der Waals surface area contributed by atoms with Crippen LogP contribution in [-0.2, 0) is 18.5 Å². The van der Waals surface area contributed by atoms with Crippen LogP contribution in [0.3, 0.4) is 0 Å². The molecule has 4 heteroatoms. The highest BCUT2D eigenvalue weighted by atomic mass is 15.3. The molecule has 0 aliphatic heterocycles. The van der Waals surface area contributed by atoms with Crippen molar-refractivity contribution in [2.75, 3.05) is 0 Å². The van der Waals surface area contributed by atoms with Gasteiger partial charge in [0, 0.05) is 12.0 Å². The van der Waals surface area contributed by atoms with Crippen LogP contribution < -0.4 is 5.73 Å². The number of rotatable bonds is 3. The van der Waals surface area contributed by atoms with Gasteiger partial charge in [0.1, 0.15) is 11.6 Å². The van der Waals surface area contributed by atoms with Gasteiger partial charge in [-0.05, 0) is 33.3 Å². The number of nitrogens with zero attached hydrogens (tertiary/aromatic N) is 3. The number of hydrogen-bond acceptors (Lipinski definition) is 3. The maximum absolute atomic E-state index is 5.75. The lowest BCUT2D eigenvalue weighted by Crippen LogP contribution is -2.27. The smallest absolute Gasteiger partial charge is 0.147 e. The van der Waals surface area contributed by atoms with Gasteiger partial charge in [0.2, 0.25) is 0 Å². The molecule has 0 fully saturated rings. The molecule has 2 N–H and O–H groups in total. The Balaban J connectivity index is 2.38. The third kappa shape index (κ3) is 3.01. The van der Waals surface area contributed by atoms with Crippen LogP contribution >= 0.6 is 0 Å². The van der Waals surface area contributed by atoms with Gasteiger partial charge in [0.05, 0.1) is 6.54 Å². The van der Waals surface area contributed by atoms with Gasteiger partial charge in [0.15, 0.2) is 0 Å². The molecular formula is C15H22N4. The Morgan fingerprint density at radius 1 is 1.16 bits per heavy atom. The molecular weight excluding hydrogens is 236 g/mol. The maximum Gasteiger partial charge on any atom is 0.147 e. The minimum absolute atomic E-state index is 0.0582. The van der Waals surface area contributed by atoms with Crippen molar-refractivity contribution >= 4 is 0 Å². The summed E-state index contributed by atoms with van der Waals surface area (Å²) in [5.74, 6) is 1.81. The Hall–Kier alpha value is -1.68. The second kappa shape index (κ2) is 5.13. The summed E-state index contributed by atoms with van der Waals surface area (Å²) in [6.07, 6.45) is 0.784. The molecule has 1 aromatic heterocycles. The summed E-state index contributed by atoms with van der Waals surface area (Å²) in [4.78, 5) is 0. The van der Waals surface area contributed by atoms with E-state index < -0.39 is 0 Å². The van der Waals surface area contributed by atoms with E-state index in [4.69, 9.17) is 5.73 Å². The molecule has 0 saturated heterocycles. The van der Waals surface area contributed by atoms with Gasteiger partial charge < -0.3 is 10.3 Å². The van der Waals surface area contributed by atoms with Crippen molar-refractivity contribution in [2.45, 2.75) is 46.2 Å². The molecule has 0 spiro atoms. The average molecular weight is 258 g/mol. The molecule has 4 nitrogen and oxygen atoms in total. The van der Waals surface area contributed by atoms with Crippen molar-refractivity contribution in [3.05, 3.63) is 47.0 Å². The minimum atomic E-state index is -0.0582. The van der Waals surface area contributed by atoms with E-state index in [1.807, 2.05) is 0 Å². The summed E-state index contributed by atoms with van der Waals surface area (Å²) in [5, 5.41) is 8.52. The first kappa shape index (κ1) is 13.7. The van der Waals surface area contributed by atoms with Crippen LogP contribution in [0.5, 0.6) is 0 Å². The van der Waals surface area contributed by atoms with Gasteiger partial charge in [-0.1, -0.05) is 29.8 Å². The zero-order valence-corrected chi connectivity index (χ0v) is 12.1. The second-order valence-electron chi connectivity index (χ2n) is 5.91. The summed E-state index contributed by atoms with van der Waals surface area (Å²) in [5.41, 5.74) is 8.21. The second-order valence-corrected chi connectivity index (χ2v) is 5.91. The molecule has 2 rings (SSSR count). The first-order chi connectivity index (χ1) is 8.91. The van der Waals surface area contributed by atoms with Crippen LogP contribution in [-0.4, -0.2) is 14.8 Å².